The molecule has 2 aliphatic rings. The number of ether oxygens (including phenoxy) is 1. The fraction of sp³-hybridized carbons (Fsp3) is 0.846. The largest absolute Gasteiger partial charge is 0.369 e. The Balaban J connectivity index is 1.88. The third-order valence-corrected chi connectivity index (χ3v) is 4.12. The Kier molecular flexibility index (Phi) is 4.76. The van der Waals surface area contributed by atoms with Gasteiger partial charge in [0.05, 0.1) is 12.0 Å². The number of primary amides is 1. The van der Waals surface area contributed by atoms with Crippen molar-refractivity contribution in [3.05, 3.63) is 0 Å². The molecule has 0 spiro atoms. The number of nitrogens with one attached hydrogen (secondary N) is 1. The molecule has 1 saturated heterocycles. The first kappa shape index (κ1) is 14.3. The lowest BCUT2D eigenvalue weighted by Gasteiger charge is -2.30. The molecular formula is C13H23N3O3. The van der Waals surface area contributed by atoms with Crippen LogP contribution in [0.15, 0.2) is 0 Å². The van der Waals surface area contributed by atoms with Gasteiger partial charge in [-0.05, 0) is 25.7 Å². The molecule has 0 aromatic carbocycles. The van der Waals surface area contributed by atoms with Crippen molar-refractivity contribution >= 4 is 11.8 Å². The predicted molar refractivity (Wildman–Crippen MR) is 70.0 cm³/mol. The molecule has 1 heterocycles. The van der Waals surface area contributed by atoms with Crippen LogP contribution in [0.1, 0.15) is 38.5 Å². The summed E-state index contributed by atoms with van der Waals surface area (Å²) in [5.74, 6) is -0.698. The predicted octanol–water partition coefficient (Wildman–Crippen LogP) is -0.347. The molecule has 1 aliphatic carbocycles. The van der Waals surface area contributed by atoms with Crippen LogP contribution in [0.25, 0.3) is 0 Å². The van der Waals surface area contributed by atoms with Crippen LogP contribution in [0.2, 0.25) is 0 Å². The van der Waals surface area contributed by atoms with E-state index in [1.54, 1.807) is 0 Å². The lowest BCUT2D eigenvalue weighted by Crippen LogP contribution is -2.49. The third-order valence-electron chi connectivity index (χ3n) is 4.12. The Hall–Kier alpha value is -1.14. The van der Waals surface area contributed by atoms with Gasteiger partial charge in [-0.1, -0.05) is 12.8 Å². The molecule has 2 rings (SSSR count). The highest BCUT2D eigenvalue weighted by Gasteiger charge is 2.35. The van der Waals surface area contributed by atoms with Gasteiger partial charge in [0.15, 0.2) is 0 Å². The van der Waals surface area contributed by atoms with Crippen molar-refractivity contribution in [1.82, 2.24) is 5.32 Å². The zero-order valence-electron chi connectivity index (χ0n) is 11.1. The van der Waals surface area contributed by atoms with E-state index in [4.69, 9.17) is 16.2 Å². The number of hydrogen-bond donors (Lipinski definition) is 3. The molecule has 5 N–H and O–H groups in total. The van der Waals surface area contributed by atoms with Gasteiger partial charge in [0, 0.05) is 12.6 Å². The average Bonchev–Trinajstić information content (AvgIpc) is 2.88. The maximum atomic E-state index is 12.1. The van der Waals surface area contributed by atoms with Crippen molar-refractivity contribution in [2.45, 2.75) is 56.8 Å². The second-order valence-corrected chi connectivity index (χ2v) is 5.47. The fourth-order valence-electron chi connectivity index (χ4n) is 2.99. The van der Waals surface area contributed by atoms with E-state index in [-0.39, 0.29) is 29.9 Å². The maximum Gasteiger partial charge on any atom is 0.249 e. The first-order chi connectivity index (χ1) is 9.11. The molecule has 2 fully saturated rings. The Labute approximate surface area is 113 Å². The molecule has 1 saturated carbocycles. The minimum atomic E-state index is -0.427. The molecule has 4 atom stereocenters. The molecule has 0 radical (unpaired) electrons. The Bertz CT molecular complexity index is 348. The summed E-state index contributed by atoms with van der Waals surface area (Å²) in [7, 11) is 0. The van der Waals surface area contributed by atoms with Crippen LogP contribution in [-0.4, -0.2) is 36.6 Å². The van der Waals surface area contributed by atoms with E-state index in [1.807, 2.05) is 0 Å². The van der Waals surface area contributed by atoms with Crippen molar-refractivity contribution in [3.63, 3.8) is 0 Å². The van der Waals surface area contributed by atoms with Crippen LogP contribution < -0.4 is 16.8 Å². The van der Waals surface area contributed by atoms with Crippen molar-refractivity contribution in [3.8, 4) is 0 Å². The normalized spacial score (nSPS) is 35.0. The Morgan fingerprint density at radius 3 is 2.53 bits per heavy atom. The summed E-state index contributed by atoms with van der Waals surface area (Å²) in [6, 6.07) is -0.140. The number of rotatable bonds is 4. The van der Waals surface area contributed by atoms with Crippen LogP contribution in [0.4, 0.5) is 0 Å². The summed E-state index contributed by atoms with van der Waals surface area (Å²) < 4.78 is 5.56. The third kappa shape index (κ3) is 3.45. The summed E-state index contributed by atoms with van der Waals surface area (Å²) in [4.78, 5) is 23.5. The van der Waals surface area contributed by atoms with E-state index in [9.17, 15) is 9.59 Å². The van der Waals surface area contributed by atoms with Gasteiger partial charge in [-0.15, -0.1) is 0 Å². The van der Waals surface area contributed by atoms with Gasteiger partial charge in [-0.2, -0.15) is 0 Å². The van der Waals surface area contributed by atoms with Gasteiger partial charge in [-0.3, -0.25) is 9.59 Å². The second-order valence-electron chi connectivity index (χ2n) is 5.47. The summed E-state index contributed by atoms with van der Waals surface area (Å²) in [6.07, 6.45) is 4.66. The molecule has 19 heavy (non-hydrogen) atoms. The molecule has 2 unspecified atom stereocenters. The van der Waals surface area contributed by atoms with E-state index in [1.165, 1.54) is 0 Å². The number of carbonyl (C=O) groups excluding carboxylic acids is 2. The molecule has 2 amide bonds. The highest BCUT2D eigenvalue weighted by molar-refractivity contribution is 5.83. The van der Waals surface area contributed by atoms with Crippen molar-refractivity contribution in [1.29, 1.82) is 0 Å². The lowest BCUT2D eigenvalue weighted by molar-refractivity contribution is -0.134. The smallest absolute Gasteiger partial charge is 0.249 e. The SMILES string of the molecule is NC[C@H]1CC[C@@H](C(=O)NC2CCCCC2C(N)=O)O1. The summed E-state index contributed by atoms with van der Waals surface area (Å²) in [5, 5.41) is 2.93. The Morgan fingerprint density at radius 1 is 1.16 bits per heavy atom. The molecule has 1 aliphatic heterocycles. The van der Waals surface area contributed by atoms with E-state index in [2.05, 4.69) is 5.32 Å². The number of carbonyl (C=O) groups is 2. The van der Waals surface area contributed by atoms with Crippen LogP contribution in [0.3, 0.4) is 0 Å². The lowest BCUT2D eigenvalue weighted by atomic mass is 9.84. The summed E-state index contributed by atoms with van der Waals surface area (Å²) in [5.41, 5.74) is 10.9. The first-order valence-electron chi connectivity index (χ1n) is 7.07. The van der Waals surface area contributed by atoms with Crippen LogP contribution in [0, 0.1) is 5.92 Å². The highest BCUT2D eigenvalue weighted by Crippen LogP contribution is 2.25. The second kappa shape index (κ2) is 6.34. The van der Waals surface area contributed by atoms with Gasteiger partial charge in [0.2, 0.25) is 11.8 Å². The molecule has 108 valence electrons. The van der Waals surface area contributed by atoms with Gasteiger partial charge in [0.1, 0.15) is 6.10 Å². The minimum absolute atomic E-state index is 0.0194. The minimum Gasteiger partial charge on any atom is -0.369 e. The van der Waals surface area contributed by atoms with Gasteiger partial charge < -0.3 is 21.5 Å². The quantitative estimate of drug-likeness (QED) is 0.648. The van der Waals surface area contributed by atoms with E-state index in [0.717, 1.165) is 32.1 Å². The van der Waals surface area contributed by atoms with Gasteiger partial charge in [0.25, 0.3) is 0 Å². The topological polar surface area (TPSA) is 107 Å². The van der Waals surface area contributed by atoms with Crippen LogP contribution >= 0.6 is 0 Å². The first-order valence-corrected chi connectivity index (χ1v) is 7.07. The van der Waals surface area contributed by atoms with Crippen molar-refractivity contribution in [2.75, 3.05) is 6.54 Å². The van der Waals surface area contributed by atoms with Gasteiger partial charge in [-0.25, -0.2) is 0 Å². The van der Waals surface area contributed by atoms with E-state index in [0.29, 0.717) is 13.0 Å². The molecule has 6 nitrogen and oxygen atoms in total. The number of hydrogen-bond acceptors (Lipinski definition) is 4. The zero-order chi connectivity index (χ0) is 13.8. The maximum absolute atomic E-state index is 12.1. The number of amides is 2. The standard InChI is InChI=1S/C13H23N3O3/c14-7-8-5-6-11(19-8)13(18)16-10-4-2-1-3-9(10)12(15)17/h8-11H,1-7,14H2,(H2,15,17)(H,16,18)/t8-,9?,10?,11+/m1/s1. The molecule has 0 aromatic rings. The van der Waals surface area contributed by atoms with E-state index >= 15 is 0 Å². The Morgan fingerprint density at radius 2 is 1.89 bits per heavy atom. The summed E-state index contributed by atoms with van der Waals surface area (Å²) in [6.45, 7) is 0.442. The molecule has 0 aromatic heterocycles. The monoisotopic (exact) mass is 269 g/mol. The van der Waals surface area contributed by atoms with Crippen LogP contribution in [0.5, 0.6) is 0 Å². The molecule has 6 heteroatoms. The highest BCUT2D eigenvalue weighted by atomic mass is 16.5. The average molecular weight is 269 g/mol. The van der Waals surface area contributed by atoms with E-state index < -0.39 is 6.10 Å². The van der Waals surface area contributed by atoms with Crippen molar-refractivity contribution in [2.24, 2.45) is 17.4 Å². The van der Waals surface area contributed by atoms with Crippen LogP contribution in [-0.2, 0) is 14.3 Å². The van der Waals surface area contributed by atoms with Gasteiger partial charge >= 0.3 is 0 Å². The molecular weight excluding hydrogens is 246 g/mol. The van der Waals surface area contributed by atoms with Crippen molar-refractivity contribution < 1.29 is 14.3 Å². The number of nitrogens with two attached hydrogens (primary N) is 2. The fourth-order valence-corrected chi connectivity index (χ4v) is 2.99. The summed E-state index contributed by atoms with van der Waals surface area (Å²) >= 11 is 0. The molecule has 0 bridgehead atoms. The zero-order valence-corrected chi connectivity index (χ0v) is 11.1.